The Morgan fingerprint density at radius 1 is 0.848 bits per heavy atom. The van der Waals surface area contributed by atoms with Gasteiger partial charge in [-0.15, -0.1) is 11.8 Å². The molecular formula is C28H32N2O2S. The maximum absolute atomic E-state index is 13.5. The van der Waals surface area contributed by atoms with Gasteiger partial charge in [0.1, 0.15) is 6.04 Å². The number of thioether (sulfide) groups is 1. The number of hydrogen-bond acceptors (Lipinski definition) is 3. The summed E-state index contributed by atoms with van der Waals surface area (Å²) >= 11 is 1.59. The summed E-state index contributed by atoms with van der Waals surface area (Å²) in [6.45, 7) is 4.53. The molecule has 3 aromatic carbocycles. The Labute approximate surface area is 201 Å². The average Bonchev–Trinajstić information content (AvgIpc) is 2.83. The average molecular weight is 461 g/mol. The van der Waals surface area contributed by atoms with Crippen molar-refractivity contribution in [2.24, 2.45) is 0 Å². The molecule has 4 nitrogen and oxygen atoms in total. The predicted octanol–water partition coefficient (Wildman–Crippen LogP) is 4.92. The Hall–Kier alpha value is -3.05. The molecule has 5 heteroatoms. The van der Waals surface area contributed by atoms with Crippen LogP contribution in [0.4, 0.5) is 0 Å². The molecule has 0 bridgehead atoms. The number of rotatable bonds is 10. The van der Waals surface area contributed by atoms with Crippen molar-refractivity contribution in [3.63, 3.8) is 0 Å². The number of hydrogen-bond donors (Lipinski definition) is 1. The Balaban J connectivity index is 1.83. The number of carbonyl (C=O) groups is 2. The van der Waals surface area contributed by atoms with E-state index >= 15 is 0 Å². The van der Waals surface area contributed by atoms with Crippen molar-refractivity contribution in [2.75, 3.05) is 12.8 Å². The number of amides is 2. The predicted molar refractivity (Wildman–Crippen MR) is 137 cm³/mol. The van der Waals surface area contributed by atoms with E-state index in [1.165, 1.54) is 11.1 Å². The van der Waals surface area contributed by atoms with E-state index in [0.29, 0.717) is 18.7 Å². The van der Waals surface area contributed by atoms with Crippen LogP contribution in [0.25, 0.3) is 0 Å². The Kier molecular flexibility index (Phi) is 9.14. The molecule has 1 unspecified atom stereocenters. The Morgan fingerprint density at radius 3 is 2.03 bits per heavy atom. The second kappa shape index (κ2) is 12.3. The number of likely N-dealkylation sites (N-methyl/N-ethyl adjacent to an activating group) is 1. The third-order valence-electron chi connectivity index (χ3n) is 5.86. The van der Waals surface area contributed by atoms with Gasteiger partial charge in [0, 0.05) is 25.8 Å². The molecule has 0 aromatic heterocycles. The highest BCUT2D eigenvalue weighted by molar-refractivity contribution is 7.99. The van der Waals surface area contributed by atoms with Gasteiger partial charge in [-0.05, 0) is 41.7 Å². The van der Waals surface area contributed by atoms with Gasteiger partial charge in [-0.25, -0.2) is 0 Å². The second-order valence-electron chi connectivity index (χ2n) is 8.19. The fraction of sp³-hybridized carbons (Fsp3) is 0.286. The fourth-order valence-corrected chi connectivity index (χ4v) is 4.78. The van der Waals surface area contributed by atoms with E-state index in [1.807, 2.05) is 73.7 Å². The zero-order valence-electron chi connectivity index (χ0n) is 19.6. The molecule has 1 atom stereocenters. The van der Waals surface area contributed by atoms with E-state index in [-0.39, 0.29) is 11.8 Å². The molecule has 0 heterocycles. The monoisotopic (exact) mass is 460 g/mol. The summed E-state index contributed by atoms with van der Waals surface area (Å²) in [5.41, 5.74) is 5.64. The summed E-state index contributed by atoms with van der Waals surface area (Å²) in [5.74, 6) is 0.911. The minimum absolute atomic E-state index is 0.0265. The highest BCUT2D eigenvalue weighted by atomic mass is 32.2. The third-order valence-corrected chi connectivity index (χ3v) is 6.83. The molecule has 0 fully saturated rings. The van der Waals surface area contributed by atoms with Crippen LogP contribution >= 0.6 is 11.8 Å². The highest BCUT2D eigenvalue weighted by Gasteiger charge is 2.30. The molecule has 0 saturated heterocycles. The van der Waals surface area contributed by atoms with E-state index < -0.39 is 6.04 Å². The molecule has 0 spiro atoms. The number of aryl methyl sites for hydroxylation is 2. The van der Waals surface area contributed by atoms with Gasteiger partial charge in [-0.1, -0.05) is 78.9 Å². The Morgan fingerprint density at radius 2 is 1.42 bits per heavy atom. The lowest BCUT2D eigenvalue weighted by molar-refractivity contribution is -0.139. The van der Waals surface area contributed by atoms with Crippen molar-refractivity contribution in [1.82, 2.24) is 10.2 Å². The molecule has 0 aliphatic heterocycles. The molecule has 3 rings (SSSR count). The van der Waals surface area contributed by atoms with Crippen molar-refractivity contribution in [3.8, 4) is 0 Å². The first-order valence-electron chi connectivity index (χ1n) is 11.2. The summed E-state index contributed by atoms with van der Waals surface area (Å²) in [7, 11) is 1.63. The molecule has 1 N–H and O–H groups in total. The van der Waals surface area contributed by atoms with Crippen LogP contribution in [0.3, 0.4) is 0 Å². The topological polar surface area (TPSA) is 49.4 Å². The molecular weight excluding hydrogens is 428 g/mol. The van der Waals surface area contributed by atoms with E-state index in [4.69, 9.17) is 0 Å². The van der Waals surface area contributed by atoms with Gasteiger partial charge in [-0.2, -0.15) is 0 Å². The summed E-state index contributed by atoms with van der Waals surface area (Å²) in [4.78, 5) is 28.2. The van der Waals surface area contributed by atoms with Crippen molar-refractivity contribution in [1.29, 1.82) is 0 Å². The van der Waals surface area contributed by atoms with Gasteiger partial charge >= 0.3 is 0 Å². The zero-order valence-corrected chi connectivity index (χ0v) is 20.4. The van der Waals surface area contributed by atoms with E-state index in [0.717, 1.165) is 22.4 Å². The molecule has 0 saturated carbocycles. The summed E-state index contributed by atoms with van der Waals surface area (Å²) in [6.07, 6.45) is 0.473. The zero-order chi connectivity index (χ0) is 23.6. The molecule has 0 radical (unpaired) electrons. The second-order valence-corrected chi connectivity index (χ2v) is 9.17. The number of nitrogens with zero attached hydrogens (tertiary/aromatic N) is 1. The van der Waals surface area contributed by atoms with E-state index in [1.54, 1.807) is 23.7 Å². The smallest absolute Gasteiger partial charge is 0.242 e. The standard InChI is InChI=1S/C28H32N2O2S/c1-21-11-7-9-15-24(21)18-30(26(28(32)29-3)17-23-13-5-4-6-14-23)27(31)20-33-19-25-16-10-8-12-22(25)2/h4-16,26H,17-20H2,1-3H3,(H,29,32). The van der Waals surface area contributed by atoms with Crippen LogP contribution in [0.2, 0.25) is 0 Å². The molecule has 0 aliphatic rings. The van der Waals surface area contributed by atoms with Crippen molar-refractivity contribution < 1.29 is 9.59 Å². The number of benzene rings is 3. The van der Waals surface area contributed by atoms with E-state index in [2.05, 4.69) is 24.4 Å². The van der Waals surface area contributed by atoms with E-state index in [9.17, 15) is 9.59 Å². The van der Waals surface area contributed by atoms with Crippen molar-refractivity contribution in [3.05, 3.63) is 107 Å². The molecule has 2 amide bonds. The van der Waals surface area contributed by atoms with Crippen molar-refractivity contribution in [2.45, 2.75) is 38.6 Å². The third kappa shape index (κ3) is 6.96. The molecule has 33 heavy (non-hydrogen) atoms. The lowest BCUT2D eigenvalue weighted by Gasteiger charge is -2.31. The minimum atomic E-state index is -0.580. The van der Waals surface area contributed by atoms with Crippen molar-refractivity contribution >= 4 is 23.6 Å². The lowest BCUT2D eigenvalue weighted by Crippen LogP contribution is -2.50. The van der Waals surface area contributed by atoms with Crippen LogP contribution < -0.4 is 5.32 Å². The van der Waals surface area contributed by atoms with Gasteiger partial charge < -0.3 is 10.2 Å². The van der Waals surface area contributed by atoms with Crippen LogP contribution in [-0.4, -0.2) is 35.6 Å². The van der Waals surface area contributed by atoms with Gasteiger partial charge in [0.25, 0.3) is 0 Å². The van der Waals surface area contributed by atoms with Gasteiger partial charge in [0.2, 0.25) is 11.8 Å². The van der Waals surface area contributed by atoms with Crippen LogP contribution in [0.1, 0.15) is 27.8 Å². The SMILES string of the molecule is CNC(=O)C(Cc1ccccc1)N(Cc1ccccc1C)C(=O)CSCc1ccccc1C. The van der Waals surface area contributed by atoms with Gasteiger partial charge in [0.15, 0.2) is 0 Å². The molecule has 0 aliphatic carbocycles. The summed E-state index contributed by atoms with van der Waals surface area (Å²) in [6, 6.07) is 25.6. The van der Waals surface area contributed by atoms with Gasteiger partial charge in [-0.3, -0.25) is 9.59 Å². The summed E-state index contributed by atoms with van der Waals surface area (Å²) in [5, 5.41) is 2.77. The van der Waals surface area contributed by atoms with Crippen LogP contribution in [-0.2, 0) is 28.3 Å². The quantitative estimate of drug-likeness (QED) is 0.467. The highest BCUT2D eigenvalue weighted by Crippen LogP contribution is 2.20. The van der Waals surface area contributed by atoms with Crippen LogP contribution in [0, 0.1) is 13.8 Å². The number of carbonyl (C=O) groups excluding carboxylic acids is 2. The summed E-state index contributed by atoms with van der Waals surface area (Å²) < 4.78 is 0. The first-order chi connectivity index (χ1) is 16.0. The largest absolute Gasteiger partial charge is 0.357 e. The minimum Gasteiger partial charge on any atom is -0.357 e. The van der Waals surface area contributed by atoms with Crippen LogP contribution in [0.15, 0.2) is 78.9 Å². The van der Waals surface area contributed by atoms with Gasteiger partial charge in [0.05, 0.1) is 5.75 Å². The number of nitrogens with one attached hydrogen (secondary N) is 1. The fourth-order valence-electron chi connectivity index (χ4n) is 3.79. The normalized spacial score (nSPS) is 11.6. The lowest BCUT2D eigenvalue weighted by atomic mass is 10.0. The molecule has 3 aromatic rings. The maximum atomic E-state index is 13.5. The maximum Gasteiger partial charge on any atom is 0.242 e. The first kappa shape index (κ1) is 24.6. The molecule has 172 valence electrons. The van der Waals surface area contributed by atoms with Crippen LogP contribution in [0.5, 0.6) is 0 Å². The first-order valence-corrected chi connectivity index (χ1v) is 12.4. The Bertz CT molecular complexity index is 1070.